The molecule has 3 rings (SSSR count). The van der Waals surface area contributed by atoms with Gasteiger partial charge in [-0.3, -0.25) is 9.48 Å². The molecule has 3 heterocycles. The first kappa shape index (κ1) is 12.8. The van der Waals surface area contributed by atoms with Crippen LogP contribution in [0.25, 0.3) is 0 Å². The predicted molar refractivity (Wildman–Crippen MR) is 76.3 cm³/mol. The van der Waals surface area contributed by atoms with Crippen molar-refractivity contribution < 1.29 is 4.79 Å². The van der Waals surface area contributed by atoms with Crippen molar-refractivity contribution in [3.63, 3.8) is 0 Å². The van der Waals surface area contributed by atoms with E-state index >= 15 is 0 Å². The molecule has 100 valence electrons. The maximum Gasteiger partial charge on any atom is 0.273 e. The lowest BCUT2D eigenvalue weighted by molar-refractivity contribution is 0.0782. The van der Waals surface area contributed by atoms with Crippen LogP contribution >= 0.6 is 27.3 Å². The van der Waals surface area contributed by atoms with Crippen LogP contribution < -0.4 is 0 Å². The number of halogens is 1. The molecule has 1 aliphatic heterocycles. The van der Waals surface area contributed by atoms with Crippen LogP contribution in [0, 0.1) is 6.92 Å². The number of hydrogen-bond acceptors (Lipinski definition) is 4. The molecule has 19 heavy (non-hydrogen) atoms. The number of aryl methyl sites for hydroxylation is 1. The van der Waals surface area contributed by atoms with Crippen LogP contribution in [0.3, 0.4) is 0 Å². The molecule has 0 aliphatic carbocycles. The van der Waals surface area contributed by atoms with Gasteiger partial charge in [0.2, 0.25) is 0 Å². The largest absolute Gasteiger partial charge is 0.335 e. The fourth-order valence-electron chi connectivity index (χ4n) is 2.28. The Morgan fingerprint density at radius 1 is 1.58 bits per heavy atom. The summed E-state index contributed by atoms with van der Waals surface area (Å²) >= 11 is 4.90. The van der Waals surface area contributed by atoms with Crippen molar-refractivity contribution >= 4 is 33.2 Å². The Kier molecular flexibility index (Phi) is 3.40. The van der Waals surface area contributed by atoms with Crippen molar-refractivity contribution in [2.24, 2.45) is 0 Å². The zero-order valence-corrected chi connectivity index (χ0v) is 12.8. The average Bonchev–Trinajstić information content (AvgIpc) is 3.07. The Hall–Kier alpha value is -1.21. The first-order valence-corrected chi connectivity index (χ1v) is 7.72. The molecule has 0 N–H and O–H groups in total. The minimum Gasteiger partial charge on any atom is -0.335 e. The van der Waals surface area contributed by atoms with Crippen LogP contribution in [-0.2, 0) is 0 Å². The second-order valence-corrected chi connectivity index (χ2v) is 6.56. The van der Waals surface area contributed by atoms with Gasteiger partial charge in [0.1, 0.15) is 5.69 Å². The molecule has 1 fully saturated rings. The third kappa shape index (κ3) is 2.57. The van der Waals surface area contributed by atoms with E-state index in [1.165, 1.54) is 11.3 Å². The molecule has 1 atom stereocenters. The first-order chi connectivity index (χ1) is 9.13. The number of likely N-dealkylation sites (tertiary alicyclic amines) is 1. The summed E-state index contributed by atoms with van der Waals surface area (Å²) in [5.74, 6) is 0.0260. The molecule has 2 aromatic heterocycles. The molecule has 0 radical (unpaired) electrons. The highest BCUT2D eigenvalue weighted by Crippen LogP contribution is 2.24. The van der Waals surface area contributed by atoms with Gasteiger partial charge in [-0.1, -0.05) is 0 Å². The summed E-state index contributed by atoms with van der Waals surface area (Å²) in [6.07, 6.45) is 4.66. The molecule has 0 bridgehead atoms. The van der Waals surface area contributed by atoms with Gasteiger partial charge in [-0.2, -0.15) is 5.10 Å². The zero-order chi connectivity index (χ0) is 13.4. The van der Waals surface area contributed by atoms with E-state index in [1.54, 1.807) is 6.20 Å². The molecule has 0 aromatic carbocycles. The van der Waals surface area contributed by atoms with Gasteiger partial charge < -0.3 is 4.90 Å². The highest BCUT2D eigenvalue weighted by atomic mass is 79.9. The van der Waals surface area contributed by atoms with Crippen LogP contribution in [0.1, 0.15) is 28.0 Å². The van der Waals surface area contributed by atoms with Gasteiger partial charge in [0, 0.05) is 24.7 Å². The number of hydrogen-bond donors (Lipinski definition) is 0. The number of aromatic nitrogens is 3. The van der Waals surface area contributed by atoms with Crippen molar-refractivity contribution in [3.05, 3.63) is 32.9 Å². The zero-order valence-electron chi connectivity index (χ0n) is 10.4. The van der Waals surface area contributed by atoms with Crippen molar-refractivity contribution in [2.75, 3.05) is 13.1 Å². The number of amides is 1. The third-order valence-corrected chi connectivity index (χ3v) is 4.42. The van der Waals surface area contributed by atoms with Crippen molar-refractivity contribution in [1.82, 2.24) is 19.7 Å². The second kappa shape index (κ2) is 5.05. The van der Waals surface area contributed by atoms with Gasteiger partial charge in [0.25, 0.3) is 5.91 Å². The summed E-state index contributed by atoms with van der Waals surface area (Å²) < 4.78 is 2.89. The summed E-state index contributed by atoms with van der Waals surface area (Å²) in [5.41, 5.74) is 0.560. The topological polar surface area (TPSA) is 51.0 Å². The average molecular weight is 341 g/mol. The molecule has 1 amide bonds. The molecular formula is C12H13BrN4OS. The van der Waals surface area contributed by atoms with E-state index in [0.29, 0.717) is 12.2 Å². The van der Waals surface area contributed by atoms with E-state index in [0.717, 1.165) is 22.4 Å². The quantitative estimate of drug-likeness (QED) is 0.843. The van der Waals surface area contributed by atoms with Gasteiger partial charge in [0.05, 0.1) is 21.7 Å². The number of carbonyl (C=O) groups is 1. The van der Waals surface area contributed by atoms with E-state index in [9.17, 15) is 4.79 Å². The lowest BCUT2D eigenvalue weighted by Gasteiger charge is -2.15. The Balaban J connectivity index is 1.70. The fourth-order valence-corrected chi connectivity index (χ4v) is 3.17. The van der Waals surface area contributed by atoms with Gasteiger partial charge in [-0.15, -0.1) is 11.3 Å². The van der Waals surface area contributed by atoms with Crippen LogP contribution in [0.4, 0.5) is 0 Å². The highest BCUT2D eigenvalue weighted by molar-refractivity contribution is 9.10. The van der Waals surface area contributed by atoms with Gasteiger partial charge in [-0.25, -0.2) is 4.98 Å². The molecule has 7 heteroatoms. The van der Waals surface area contributed by atoms with Gasteiger partial charge in [-0.05, 0) is 29.3 Å². The van der Waals surface area contributed by atoms with E-state index < -0.39 is 0 Å². The number of carbonyl (C=O) groups excluding carboxylic acids is 1. The van der Waals surface area contributed by atoms with Crippen molar-refractivity contribution in [1.29, 1.82) is 0 Å². The first-order valence-electron chi connectivity index (χ1n) is 6.04. The molecular weight excluding hydrogens is 328 g/mol. The number of thiazole rings is 1. The van der Waals surface area contributed by atoms with Crippen LogP contribution in [0.2, 0.25) is 0 Å². The summed E-state index contributed by atoms with van der Waals surface area (Å²) in [5, 5.41) is 7.04. The SMILES string of the molecule is Cc1nc(C(=O)N2CCC(n3cc(Br)cn3)C2)cs1. The van der Waals surface area contributed by atoms with Crippen LogP contribution in [0.5, 0.6) is 0 Å². The van der Waals surface area contributed by atoms with Crippen LogP contribution in [-0.4, -0.2) is 38.7 Å². The third-order valence-electron chi connectivity index (χ3n) is 3.23. The molecule has 0 spiro atoms. The summed E-state index contributed by atoms with van der Waals surface area (Å²) in [7, 11) is 0. The van der Waals surface area contributed by atoms with Crippen LogP contribution in [0.15, 0.2) is 22.2 Å². The highest BCUT2D eigenvalue weighted by Gasteiger charge is 2.29. The lowest BCUT2D eigenvalue weighted by atomic mass is 10.3. The monoisotopic (exact) mass is 340 g/mol. The summed E-state index contributed by atoms with van der Waals surface area (Å²) in [6, 6.07) is 0.259. The summed E-state index contributed by atoms with van der Waals surface area (Å²) in [4.78, 5) is 18.4. The van der Waals surface area contributed by atoms with Crippen molar-refractivity contribution in [2.45, 2.75) is 19.4 Å². The maximum absolute atomic E-state index is 12.3. The molecule has 0 saturated carbocycles. The van der Waals surface area contributed by atoms with Gasteiger partial charge >= 0.3 is 0 Å². The standard InChI is InChI=1S/C12H13BrN4OS/c1-8-15-11(7-19-8)12(18)16-3-2-10(6-16)17-5-9(13)4-14-17/h4-5,7,10H,2-3,6H2,1H3. The lowest BCUT2D eigenvalue weighted by Crippen LogP contribution is -2.29. The van der Waals surface area contributed by atoms with E-state index in [-0.39, 0.29) is 11.9 Å². The minimum atomic E-state index is 0.0260. The summed E-state index contributed by atoms with van der Waals surface area (Å²) in [6.45, 7) is 3.37. The smallest absolute Gasteiger partial charge is 0.273 e. The molecule has 1 aliphatic rings. The van der Waals surface area contributed by atoms with Crippen molar-refractivity contribution in [3.8, 4) is 0 Å². The Bertz CT molecular complexity index is 608. The number of rotatable bonds is 2. The normalized spacial score (nSPS) is 19.1. The predicted octanol–water partition coefficient (Wildman–Crippen LogP) is 2.50. The minimum absolute atomic E-state index is 0.0260. The van der Waals surface area contributed by atoms with E-state index in [1.807, 2.05) is 28.1 Å². The Labute approximate surface area is 123 Å². The maximum atomic E-state index is 12.3. The molecule has 5 nitrogen and oxygen atoms in total. The number of nitrogens with zero attached hydrogens (tertiary/aromatic N) is 4. The Morgan fingerprint density at radius 3 is 3.05 bits per heavy atom. The molecule has 1 unspecified atom stereocenters. The van der Waals surface area contributed by atoms with E-state index in [4.69, 9.17) is 0 Å². The Morgan fingerprint density at radius 2 is 2.42 bits per heavy atom. The van der Waals surface area contributed by atoms with Gasteiger partial charge in [0.15, 0.2) is 0 Å². The second-order valence-electron chi connectivity index (χ2n) is 4.58. The molecule has 1 saturated heterocycles. The van der Waals surface area contributed by atoms with E-state index in [2.05, 4.69) is 26.0 Å². The molecule has 2 aromatic rings. The fraction of sp³-hybridized carbons (Fsp3) is 0.417.